The van der Waals surface area contributed by atoms with E-state index in [1.165, 1.54) is 5.56 Å². The third kappa shape index (κ3) is 4.50. The van der Waals surface area contributed by atoms with Crippen LogP contribution in [0.25, 0.3) is 0 Å². The molecule has 0 saturated carbocycles. The molecular weight excluding hydrogens is 290 g/mol. The van der Waals surface area contributed by atoms with E-state index in [1.54, 1.807) is 12.4 Å². The van der Waals surface area contributed by atoms with Crippen LogP contribution in [-0.2, 0) is 11.3 Å². The van der Waals surface area contributed by atoms with E-state index in [1.807, 2.05) is 18.2 Å². The molecule has 1 aliphatic heterocycles. The first kappa shape index (κ1) is 15.9. The summed E-state index contributed by atoms with van der Waals surface area (Å²) in [7, 11) is 0. The van der Waals surface area contributed by atoms with E-state index in [-0.39, 0.29) is 0 Å². The van der Waals surface area contributed by atoms with E-state index in [0.29, 0.717) is 11.8 Å². The minimum absolute atomic E-state index is 0.473. The Kier molecular flexibility index (Phi) is 5.20. The molecule has 0 atom stereocenters. The Morgan fingerprint density at radius 1 is 1.17 bits per heavy atom. The van der Waals surface area contributed by atoms with Gasteiger partial charge in [-0.15, -0.1) is 0 Å². The highest BCUT2D eigenvalue weighted by Crippen LogP contribution is 2.23. The fourth-order valence-corrected chi connectivity index (χ4v) is 2.52. The van der Waals surface area contributed by atoms with Crippen LogP contribution in [0.4, 0.5) is 0 Å². The zero-order valence-electron chi connectivity index (χ0n) is 13.7. The fraction of sp³-hybridized carbons (Fsp3) is 0.444. The SMILES string of the molecule is CC(C)c1cccc(Oc2cnc(CN3CCOCC3)cn2)c1. The topological polar surface area (TPSA) is 47.5 Å². The number of hydrogen-bond donors (Lipinski definition) is 0. The lowest BCUT2D eigenvalue weighted by Gasteiger charge is -2.25. The van der Waals surface area contributed by atoms with Crippen LogP contribution in [0.3, 0.4) is 0 Å². The van der Waals surface area contributed by atoms with Crippen molar-refractivity contribution in [2.75, 3.05) is 26.3 Å². The molecule has 0 N–H and O–H groups in total. The van der Waals surface area contributed by atoms with Crippen molar-refractivity contribution in [1.29, 1.82) is 0 Å². The first-order valence-electron chi connectivity index (χ1n) is 8.09. The van der Waals surface area contributed by atoms with Crippen molar-refractivity contribution in [2.45, 2.75) is 26.3 Å². The molecule has 0 radical (unpaired) electrons. The maximum Gasteiger partial charge on any atom is 0.237 e. The lowest BCUT2D eigenvalue weighted by molar-refractivity contribution is 0.0336. The molecule has 1 aromatic heterocycles. The minimum atomic E-state index is 0.473. The highest BCUT2D eigenvalue weighted by molar-refractivity contribution is 5.32. The van der Waals surface area contributed by atoms with E-state index in [9.17, 15) is 0 Å². The van der Waals surface area contributed by atoms with Crippen molar-refractivity contribution >= 4 is 0 Å². The number of aromatic nitrogens is 2. The summed E-state index contributed by atoms with van der Waals surface area (Å²) in [6.07, 6.45) is 3.48. The van der Waals surface area contributed by atoms with Gasteiger partial charge in [-0.05, 0) is 23.6 Å². The summed E-state index contributed by atoms with van der Waals surface area (Å²) in [5.74, 6) is 1.79. The van der Waals surface area contributed by atoms with Crippen LogP contribution in [0.2, 0.25) is 0 Å². The Bertz CT molecular complexity index is 622. The van der Waals surface area contributed by atoms with Crippen LogP contribution in [0.1, 0.15) is 31.0 Å². The van der Waals surface area contributed by atoms with Gasteiger partial charge >= 0.3 is 0 Å². The van der Waals surface area contributed by atoms with Crippen molar-refractivity contribution in [3.8, 4) is 11.6 Å². The molecule has 2 aromatic rings. The molecule has 1 fully saturated rings. The first-order valence-corrected chi connectivity index (χ1v) is 8.09. The quantitative estimate of drug-likeness (QED) is 0.848. The number of benzene rings is 1. The molecule has 5 nitrogen and oxygen atoms in total. The van der Waals surface area contributed by atoms with E-state index >= 15 is 0 Å². The van der Waals surface area contributed by atoms with Gasteiger partial charge < -0.3 is 9.47 Å². The van der Waals surface area contributed by atoms with Gasteiger partial charge in [0, 0.05) is 19.6 Å². The van der Waals surface area contributed by atoms with Crippen molar-refractivity contribution in [3.05, 3.63) is 47.9 Å². The molecule has 2 heterocycles. The van der Waals surface area contributed by atoms with Gasteiger partial charge in [-0.2, -0.15) is 0 Å². The van der Waals surface area contributed by atoms with Crippen molar-refractivity contribution < 1.29 is 9.47 Å². The lowest BCUT2D eigenvalue weighted by Crippen LogP contribution is -2.35. The van der Waals surface area contributed by atoms with Gasteiger partial charge in [0.25, 0.3) is 0 Å². The Hall–Kier alpha value is -1.98. The standard InChI is InChI=1S/C18H23N3O2/c1-14(2)15-4-3-5-17(10-15)23-18-12-19-16(11-20-18)13-21-6-8-22-9-7-21/h3-5,10-12,14H,6-9,13H2,1-2H3. The van der Waals surface area contributed by atoms with Crippen molar-refractivity contribution in [1.82, 2.24) is 14.9 Å². The van der Waals surface area contributed by atoms with E-state index < -0.39 is 0 Å². The van der Waals surface area contributed by atoms with Gasteiger partial charge in [0.05, 0.1) is 31.3 Å². The van der Waals surface area contributed by atoms with Crippen LogP contribution in [-0.4, -0.2) is 41.2 Å². The molecule has 1 aromatic carbocycles. The van der Waals surface area contributed by atoms with Gasteiger partial charge in [0.1, 0.15) is 5.75 Å². The number of hydrogen-bond acceptors (Lipinski definition) is 5. The van der Waals surface area contributed by atoms with Gasteiger partial charge in [-0.1, -0.05) is 26.0 Å². The molecule has 122 valence electrons. The monoisotopic (exact) mass is 313 g/mol. The summed E-state index contributed by atoms with van der Waals surface area (Å²) in [6, 6.07) is 8.10. The largest absolute Gasteiger partial charge is 0.437 e. The third-order valence-corrected chi connectivity index (χ3v) is 3.92. The van der Waals surface area contributed by atoms with Crippen LogP contribution in [0, 0.1) is 0 Å². The average molecular weight is 313 g/mol. The fourth-order valence-electron chi connectivity index (χ4n) is 2.52. The van der Waals surface area contributed by atoms with Crippen LogP contribution >= 0.6 is 0 Å². The number of ether oxygens (including phenoxy) is 2. The first-order chi connectivity index (χ1) is 11.2. The van der Waals surface area contributed by atoms with Crippen molar-refractivity contribution in [2.24, 2.45) is 0 Å². The van der Waals surface area contributed by atoms with Gasteiger partial charge in [0.2, 0.25) is 5.88 Å². The minimum Gasteiger partial charge on any atom is -0.437 e. The van der Waals surface area contributed by atoms with Gasteiger partial charge in [-0.25, -0.2) is 4.98 Å². The summed E-state index contributed by atoms with van der Waals surface area (Å²) in [4.78, 5) is 11.1. The summed E-state index contributed by atoms with van der Waals surface area (Å²) in [5.41, 5.74) is 2.20. The van der Waals surface area contributed by atoms with Crippen molar-refractivity contribution in [3.63, 3.8) is 0 Å². The molecule has 5 heteroatoms. The highest BCUT2D eigenvalue weighted by Gasteiger charge is 2.11. The summed E-state index contributed by atoms with van der Waals surface area (Å²) < 4.78 is 11.2. The van der Waals surface area contributed by atoms with Crippen LogP contribution in [0.15, 0.2) is 36.7 Å². The zero-order valence-corrected chi connectivity index (χ0v) is 13.7. The van der Waals surface area contributed by atoms with Gasteiger partial charge in [0.15, 0.2) is 0 Å². The number of morpholine rings is 1. The van der Waals surface area contributed by atoms with E-state index in [4.69, 9.17) is 9.47 Å². The second-order valence-corrected chi connectivity index (χ2v) is 6.06. The predicted octanol–water partition coefficient (Wildman–Crippen LogP) is 3.22. The number of rotatable bonds is 5. The molecule has 23 heavy (non-hydrogen) atoms. The van der Waals surface area contributed by atoms with E-state index in [2.05, 4.69) is 34.8 Å². The molecule has 3 rings (SSSR count). The molecule has 1 saturated heterocycles. The van der Waals surface area contributed by atoms with E-state index in [0.717, 1.165) is 44.3 Å². The molecule has 0 spiro atoms. The Morgan fingerprint density at radius 2 is 2.00 bits per heavy atom. The lowest BCUT2D eigenvalue weighted by atomic mass is 10.0. The summed E-state index contributed by atoms with van der Waals surface area (Å²) in [5, 5.41) is 0. The average Bonchev–Trinajstić information content (AvgIpc) is 2.58. The maximum atomic E-state index is 5.81. The van der Waals surface area contributed by atoms with Crippen LogP contribution in [0.5, 0.6) is 11.6 Å². The predicted molar refractivity (Wildman–Crippen MR) is 88.7 cm³/mol. The Morgan fingerprint density at radius 3 is 2.70 bits per heavy atom. The molecule has 0 amide bonds. The Balaban J connectivity index is 1.61. The summed E-state index contributed by atoms with van der Waals surface area (Å²) >= 11 is 0. The summed E-state index contributed by atoms with van der Waals surface area (Å²) in [6.45, 7) is 8.61. The number of nitrogens with zero attached hydrogens (tertiary/aromatic N) is 3. The highest BCUT2D eigenvalue weighted by atomic mass is 16.5. The molecule has 0 unspecified atom stereocenters. The second kappa shape index (κ2) is 7.53. The molecular formula is C18H23N3O2. The molecule has 0 aliphatic carbocycles. The maximum absolute atomic E-state index is 5.81. The molecule has 0 bridgehead atoms. The van der Waals surface area contributed by atoms with Crippen LogP contribution < -0.4 is 4.74 Å². The second-order valence-electron chi connectivity index (χ2n) is 6.06. The third-order valence-electron chi connectivity index (χ3n) is 3.92. The normalized spacial score (nSPS) is 15.8. The zero-order chi connectivity index (χ0) is 16.1. The smallest absolute Gasteiger partial charge is 0.237 e. The van der Waals surface area contributed by atoms with Gasteiger partial charge in [-0.3, -0.25) is 9.88 Å². The Labute approximate surface area is 137 Å². The molecule has 1 aliphatic rings.